The molecule has 0 fully saturated rings. The maximum absolute atomic E-state index is 13.3. The van der Waals surface area contributed by atoms with Crippen LogP contribution in [0.15, 0.2) is 50.9 Å². The van der Waals surface area contributed by atoms with E-state index in [1.165, 1.54) is 11.8 Å². The van der Waals surface area contributed by atoms with Crippen LogP contribution in [-0.4, -0.2) is 40.2 Å². The van der Waals surface area contributed by atoms with Crippen LogP contribution < -0.4 is 15.0 Å². The Morgan fingerprint density at radius 3 is 2.82 bits per heavy atom. The van der Waals surface area contributed by atoms with E-state index in [-0.39, 0.29) is 12.4 Å². The van der Waals surface area contributed by atoms with Gasteiger partial charge in [0.05, 0.1) is 16.7 Å². The molecule has 0 spiro atoms. The Labute approximate surface area is 193 Å². The Morgan fingerprint density at radius 2 is 2.00 bits per heavy atom. The topological polar surface area (TPSA) is 102 Å². The van der Waals surface area contributed by atoms with Crippen molar-refractivity contribution in [3.8, 4) is 22.9 Å². The lowest BCUT2D eigenvalue weighted by Crippen LogP contribution is -2.24. The third-order valence-corrected chi connectivity index (χ3v) is 6.17. The summed E-state index contributed by atoms with van der Waals surface area (Å²) in [6, 6.07) is 11.4. The van der Waals surface area contributed by atoms with Crippen LogP contribution in [0.25, 0.3) is 22.3 Å². The van der Waals surface area contributed by atoms with Gasteiger partial charge < -0.3 is 18.7 Å². The van der Waals surface area contributed by atoms with Crippen molar-refractivity contribution in [2.75, 3.05) is 20.5 Å². The number of benzene rings is 2. The molecule has 0 saturated carbocycles. The van der Waals surface area contributed by atoms with Crippen molar-refractivity contribution in [2.45, 2.75) is 30.8 Å². The quantitative estimate of drug-likeness (QED) is 0.218. The van der Waals surface area contributed by atoms with Gasteiger partial charge in [-0.05, 0) is 25.5 Å². The van der Waals surface area contributed by atoms with Gasteiger partial charge >= 0.3 is 0 Å². The molecule has 1 aliphatic heterocycles. The van der Waals surface area contributed by atoms with E-state index in [4.69, 9.17) is 23.7 Å². The van der Waals surface area contributed by atoms with Crippen LogP contribution in [0.2, 0.25) is 0 Å². The second kappa shape index (κ2) is 9.24. The molecule has 0 radical (unpaired) electrons. The van der Waals surface area contributed by atoms with E-state index in [2.05, 4.69) is 10.1 Å². The van der Waals surface area contributed by atoms with Gasteiger partial charge in [-0.3, -0.25) is 9.36 Å². The molecule has 10 heteroatoms. The van der Waals surface area contributed by atoms with E-state index in [0.29, 0.717) is 64.6 Å². The molecule has 3 heterocycles. The highest BCUT2D eigenvalue weighted by atomic mass is 32.2. The van der Waals surface area contributed by atoms with Crippen molar-refractivity contribution >= 4 is 22.7 Å². The number of thioether (sulfide) groups is 1. The van der Waals surface area contributed by atoms with Crippen LogP contribution >= 0.6 is 11.8 Å². The predicted octanol–water partition coefficient (Wildman–Crippen LogP) is 3.81. The molecule has 1 aliphatic rings. The lowest BCUT2D eigenvalue weighted by Gasteiger charge is -2.12. The van der Waals surface area contributed by atoms with Gasteiger partial charge in [-0.2, -0.15) is 4.98 Å². The van der Waals surface area contributed by atoms with Gasteiger partial charge in [0, 0.05) is 31.9 Å². The van der Waals surface area contributed by atoms with Crippen LogP contribution in [0, 0.1) is 6.92 Å². The fraction of sp³-hybridized carbons (Fsp3) is 0.304. The zero-order valence-corrected chi connectivity index (χ0v) is 19.1. The molecule has 0 unspecified atom stereocenters. The summed E-state index contributed by atoms with van der Waals surface area (Å²) in [5, 5.41) is 5.15. The van der Waals surface area contributed by atoms with Gasteiger partial charge in [0.25, 0.3) is 5.56 Å². The molecule has 0 saturated heterocycles. The third-order valence-electron chi connectivity index (χ3n) is 5.21. The summed E-state index contributed by atoms with van der Waals surface area (Å²) in [4.78, 5) is 22.5. The van der Waals surface area contributed by atoms with Crippen molar-refractivity contribution in [2.24, 2.45) is 0 Å². The molecule has 170 valence electrons. The van der Waals surface area contributed by atoms with Gasteiger partial charge in [-0.15, -0.1) is 0 Å². The number of ether oxygens (including phenoxy) is 3. The van der Waals surface area contributed by atoms with Crippen molar-refractivity contribution in [3.63, 3.8) is 0 Å². The number of fused-ring (bicyclic) bond motifs is 2. The number of hydrogen-bond donors (Lipinski definition) is 0. The van der Waals surface area contributed by atoms with E-state index in [1.54, 1.807) is 23.8 Å². The standard InChI is InChI=1S/C23H22N4O5S/c1-14-5-3-6-15(9-14)21-25-20(32-26-21)12-33-23-24-17-11-19-18(30-13-31-19)10-16(17)22(28)27(23)7-4-8-29-2/h3,5-6,9-11H,4,7-8,12-13H2,1-2H3. The lowest BCUT2D eigenvalue weighted by molar-refractivity contribution is 0.174. The highest BCUT2D eigenvalue weighted by Crippen LogP contribution is 2.35. The molecule has 2 aromatic carbocycles. The largest absolute Gasteiger partial charge is 0.454 e. The normalized spacial score (nSPS) is 12.5. The zero-order valence-electron chi connectivity index (χ0n) is 18.2. The molecule has 2 aromatic heterocycles. The number of rotatable bonds is 8. The minimum absolute atomic E-state index is 0.135. The number of methoxy groups -OCH3 is 1. The molecule has 5 rings (SSSR count). The first kappa shape index (κ1) is 21.5. The maximum Gasteiger partial charge on any atom is 0.262 e. The molecule has 0 aliphatic carbocycles. The van der Waals surface area contributed by atoms with Crippen LogP contribution in [0.1, 0.15) is 17.9 Å². The van der Waals surface area contributed by atoms with Gasteiger partial charge in [0.1, 0.15) is 0 Å². The molecular formula is C23H22N4O5S. The Hall–Kier alpha value is -3.37. The van der Waals surface area contributed by atoms with Crippen LogP contribution in [0.5, 0.6) is 11.5 Å². The summed E-state index contributed by atoms with van der Waals surface area (Å²) in [7, 11) is 1.64. The number of nitrogens with zero attached hydrogens (tertiary/aromatic N) is 4. The van der Waals surface area contributed by atoms with Crippen LogP contribution in [-0.2, 0) is 17.0 Å². The first-order valence-corrected chi connectivity index (χ1v) is 11.5. The summed E-state index contributed by atoms with van der Waals surface area (Å²) in [6.45, 7) is 3.17. The number of aryl methyl sites for hydroxylation is 1. The maximum atomic E-state index is 13.3. The molecule has 33 heavy (non-hydrogen) atoms. The second-order valence-electron chi connectivity index (χ2n) is 7.59. The molecule has 9 nitrogen and oxygen atoms in total. The Balaban J connectivity index is 1.44. The van der Waals surface area contributed by atoms with E-state index in [1.807, 2.05) is 31.2 Å². The van der Waals surface area contributed by atoms with Gasteiger partial charge in [0.15, 0.2) is 16.7 Å². The second-order valence-corrected chi connectivity index (χ2v) is 8.53. The molecular weight excluding hydrogens is 444 g/mol. The summed E-state index contributed by atoms with van der Waals surface area (Å²) < 4.78 is 23.1. The summed E-state index contributed by atoms with van der Waals surface area (Å²) in [5.74, 6) is 2.51. The molecule has 0 bridgehead atoms. The average molecular weight is 467 g/mol. The van der Waals surface area contributed by atoms with Gasteiger partial charge in [-0.1, -0.05) is 40.7 Å². The molecule has 0 atom stereocenters. The molecule has 0 N–H and O–H groups in total. The van der Waals surface area contributed by atoms with Gasteiger partial charge in [0.2, 0.25) is 18.5 Å². The smallest absolute Gasteiger partial charge is 0.262 e. The molecule has 0 amide bonds. The Kier molecular flexibility index (Phi) is 6.01. The molecule has 4 aromatic rings. The fourth-order valence-corrected chi connectivity index (χ4v) is 4.47. The SMILES string of the molecule is COCCCn1c(SCc2nc(-c3cccc(C)c3)no2)nc2cc3c(cc2c1=O)OCO3. The minimum Gasteiger partial charge on any atom is -0.454 e. The fourth-order valence-electron chi connectivity index (χ4n) is 3.61. The van der Waals surface area contributed by atoms with Crippen molar-refractivity contribution in [3.05, 3.63) is 58.2 Å². The van der Waals surface area contributed by atoms with E-state index in [0.717, 1.165) is 11.1 Å². The van der Waals surface area contributed by atoms with Crippen LogP contribution in [0.4, 0.5) is 0 Å². The van der Waals surface area contributed by atoms with E-state index < -0.39 is 0 Å². The first-order valence-electron chi connectivity index (χ1n) is 10.5. The third kappa shape index (κ3) is 4.44. The Morgan fingerprint density at radius 1 is 1.15 bits per heavy atom. The summed E-state index contributed by atoms with van der Waals surface area (Å²) >= 11 is 1.37. The first-order chi connectivity index (χ1) is 16.1. The number of aromatic nitrogens is 4. The highest BCUT2D eigenvalue weighted by Gasteiger charge is 2.20. The van der Waals surface area contributed by atoms with Crippen LogP contribution in [0.3, 0.4) is 0 Å². The minimum atomic E-state index is -0.136. The van der Waals surface area contributed by atoms with Gasteiger partial charge in [-0.25, -0.2) is 4.98 Å². The monoisotopic (exact) mass is 466 g/mol. The van der Waals surface area contributed by atoms with Crippen molar-refractivity contribution in [1.29, 1.82) is 0 Å². The van der Waals surface area contributed by atoms with Crippen molar-refractivity contribution in [1.82, 2.24) is 19.7 Å². The lowest BCUT2D eigenvalue weighted by atomic mass is 10.1. The predicted molar refractivity (Wildman–Crippen MR) is 123 cm³/mol. The number of hydrogen-bond acceptors (Lipinski definition) is 9. The summed E-state index contributed by atoms with van der Waals surface area (Å²) in [5.41, 5.74) is 2.43. The zero-order chi connectivity index (χ0) is 22.8. The summed E-state index contributed by atoms with van der Waals surface area (Å²) in [6.07, 6.45) is 0.680. The van der Waals surface area contributed by atoms with E-state index >= 15 is 0 Å². The Bertz CT molecular complexity index is 1370. The van der Waals surface area contributed by atoms with E-state index in [9.17, 15) is 4.79 Å². The van der Waals surface area contributed by atoms with Crippen molar-refractivity contribution < 1.29 is 18.7 Å². The highest BCUT2D eigenvalue weighted by molar-refractivity contribution is 7.98. The average Bonchev–Trinajstić information content (AvgIpc) is 3.47.